The lowest BCUT2D eigenvalue weighted by Gasteiger charge is -2.02. The van der Waals surface area contributed by atoms with Crippen molar-refractivity contribution >= 4 is 33.3 Å². The van der Waals surface area contributed by atoms with E-state index in [0.717, 1.165) is 6.26 Å². The molecule has 0 aliphatic carbocycles. The Labute approximate surface area is 85.6 Å². The summed E-state index contributed by atoms with van der Waals surface area (Å²) in [6, 6.07) is 1.28. The van der Waals surface area contributed by atoms with Crippen molar-refractivity contribution in [3.63, 3.8) is 0 Å². The van der Waals surface area contributed by atoms with Crippen LogP contribution < -0.4 is 4.18 Å². The fourth-order valence-corrected chi connectivity index (χ4v) is 1.32. The normalized spacial score (nSPS) is 11.3. The molecule has 4 nitrogen and oxygen atoms in total. The Bertz CT molecular complexity index is 418. The van der Waals surface area contributed by atoms with Crippen LogP contribution >= 0.6 is 23.2 Å². The van der Waals surface area contributed by atoms with E-state index in [4.69, 9.17) is 23.2 Å². The van der Waals surface area contributed by atoms with Crippen molar-refractivity contribution in [3.05, 3.63) is 22.4 Å². The van der Waals surface area contributed by atoms with Crippen LogP contribution in [-0.2, 0) is 10.1 Å². The number of halogens is 2. The van der Waals surface area contributed by atoms with Gasteiger partial charge in [0.2, 0.25) is 0 Å². The van der Waals surface area contributed by atoms with Crippen molar-refractivity contribution < 1.29 is 12.6 Å². The molecule has 1 aromatic rings. The Kier molecular flexibility index (Phi) is 3.00. The molecule has 0 saturated heterocycles. The van der Waals surface area contributed by atoms with Crippen molar-refractivity contribution in [2.24, 2.45) is 0 Å². The molecule has 1 rings (SSSR count). The van der Waals surface area contributed by atoms with Gasteiger partial charge in [-0.15, -0.1) is 0 Å². The zero-order valence-corrected chi connectivity index (χ0v) is 8.82. The van der Waals surface area contributed by atoms with E-state index in [2.05, 4.69) is 9.17 Å². The highest BCUT2D eigenvalue weighted by molar-refractivity contribution is 7.86. The molecule has 0 N–H and O–H groups in total. The van der Waals surface area contributed by atoms with Crippen LogP contribution in [0.1, 0.15) is 0 Å². The van der Waals surface area contributed by atoms with E-state index < -0.39 is 10.1 Å². The average molecular weight is 242 g/mol. The second-order valence-electron chi connectivity index (χ2n) is 2.23. The predicted molar refractivity (Wildman–Crippen MR) is 49.7 cm³/mol. The molecule has 0 saturated carbocycles. The fourth-order valence-electron chi connectivity index (χ4n) is 0.624. The molecule has 13 heavy (non-hydrogen) atoms. The first-order chi connectivity index (χ1) is 5.88. The van der Waals surface area contributed by atoms with Gasteiger partial charge in [-0.25, -0.2) is 4.98 Å². The lowest BCUT2D eigenvalue weighted by atomic mass is 10.5. The molecule has 0 spiro atoms. The monoisotopic (exact) mass is 241 g/mol. The number of aromatic nitrogens is 1. The SMILES string of the molecule is CS(=O)(=O)Oc1cnc(Cl)c(Cl)c1. The summed E-state index contributed by atoms with van der Waals surface area (Å²) in [5, 5.41) is 0.241. The molecule has 0 fully saturated rings. The average Bonchev–Trinajstić information content (AvgIpc) is 1.94. The summed E-state index contributed by atoms with van der Waals surface area (Å²) in [4.78, 5) is 3.61. The Morgan fingerprint density at radius 3 is 2.54 bits per heavy atom. The highest BCUT2D eigenvalue weighted by Gasteiger charge is 2.07. The van der Waals surface area contributed by atoms with Crippen molar-refractivity contribution in [3.8, 4) is 5.75 Å². The van der Waals surface area contributed by atoms with Crippen molar-refractivity contribution in [1.29, 1.82) is 0 Å². The van der Waals surface area contributed by atoms with E-state index in [1.165, 1.54) is 12.3 Å². The molecular weight excluding hydrogens is 237 g/mol. The molecule has 0 bridgehead atoms. The highest BCUT2D eigenvalue weighted by Crippen LogP contribution is 2.24. The maximum Gasteiger partial charge on any atom is 0.306 e. The lowest BCUT2D eigenvalue weighted by molar-refractivity contribution is 0.492. The van der Waals surface area contributed by atoms with E-state index in [9.17, 15) is 8.42 Å². The van der Waals surface area contributed by atoms with Crippen LogP contribution in [0.15, 0.2) is 12.3 Å². The minimum atomic E-state index is -3.55. The minimum absolute atomic E-state index is 0.0388. The summed E-state index contributed by atoms with van der Waals surface area (Å²) in [5.74, 6) is 0.0388. The molecule has 72 valence electrons. The standard InChI is InChI=1S/C6H5Cl2NO3S/c1-13(10,11)12-4-2-5(7)6(8)9-3-4/h2-3H,1H3. The van der Waals surface area contributed by atoms with E-state index in [1.807, 2.05) is 0 Å². The van der Waals surface area contributed by atoms with E-state index in [0.29, 0.717) is 0 Å². The van der Waals surface area contributed by atoms with Gasteiger partial charge in [0.1, 0.15) is 5.15 Å². The Morgan fingerprint density at radius 1 is 1.46 bits per heavy atom. The molecule has 0 aliphatic heterocycles. The topological polar surface area (TPSA) is 56.3 Å². The molecule has 0 atom stereocenters. The Morgan fingerprint density at radius 2 is 2.08 bits per heavy atom. The zero-order chi connectivity index (χ0) is 10.1. The predicted octanol–water partition coefficient (Wildman–Crippen LogP) is 1.73. The summed E-state index contributed by atoms with van der Waals surface area (Å²) in [7, 11) is -3.55. The molecule has 0 unspecified atom stereocenters. The smallest absolute Gasteiger partial charge is 0.306 e. The first-order valence-corrected chi connectivity index (χ1v) is 5.66. The van der Waals surface area contributed by atoms with Crippen molar-refractivity contribution in [2.45, 2.75) is 0 Å². The van der Waals surface area contributed by atoms with E-state index >= 15 is 0 Å². The van der Waals surface area contributed by atoms with Crippen LogP contribution in [0.4, 0.5) is 0 Å². The zero-order valence-electron chi connectivity index (χ0n) is 6.49. The van der Waals surface area contributed by atoms with Crippen LogP contribution in [0, 0.1) is 0 Å². The molecular formula is C6H5Cl2NO3S. The largest absolute Gasteiger partial charge is 0.381 e. The van der Waals surface area contributed by atoms with E-state index in [-0.39, 0.29) is 15.9 Å². The summed E-state index contributed by atoms with van der Waals surface area (Å²) >= 11 is 11.1. The minimum Gasteiger partial charge on any atom is -0.381 e. The maximum absolute atomic E-state index is 10.7. The van der Waals surface area contributed by atoms with Crippen molar-refractivity contribution in [1.82, 2.24) is 4.98 Å². The first-order valence-electron chi connectivity index (χ1n) is 3.09. The van der Waals surface area contributed by atoms with Crippen LogP contribution in [0.3, 0.4) is 0 Å². The maximum atomic E-state index is 10.7. The third kappa shape index (κ3) is 3.38. The molecule has 1 aromatic heterocycles. The van der Waals surface area contributed by atoms with Crippen LogP contribution in [0.2, 0.25) is 10.2 Å². The van der Waals surface area contributed by atoms with Crippen LogP contribution in [0.5, 0.6) is 5.75 Å². The highest BCUT2D eigenvalue weighted by atomic mass is 35.5. The fraction of sp³-hybridized carbons (Fsp3) is 0.167. The van der Waals surface area contributed by atoms with Gasteiger partial charge in [-0.3, -0.25) is 0 Å². The quantitative estimate of drug-likeness (QED) is 0.585. The molecule has 0 aromatic carbocycles. The first kappa shape index (κ1) is 10.6. The molecule has 0 radical (unpaired) electrons. The van der Waals surface area contributed by atoms with Gasteiger partial charge >= 0.3 is 10.1 Å². The van der Waals surface area contributed by atoms with Gasteiger partial charge < -0.3 is 4.18 Å². The van der Waals surface area contributed by atoms with Gasteiger partial charge in [0, 0.05) is 6.07 Å². The third-order valence-corrected chi connectivity index (χ3v) is 2.20. The Balaban J connectivity index is 2.99. The van der Waals surface area contributed by atoms with Crippen LogP contribution in [-0.4, -0.2) is 19.7 Å². The summed E-state index contributed by atoms with van der Waals surface area (Å²) < 4.78 is 25.8. The van der Waals surface area contributed by atoms with Gasteiger partial charge in [-0.2, -0.15) is 8.42 Å². The van der Waals surface area contributed by atoms with Crippen LogP contribution in [0.25, 0.3) is 0 Å². The molecule has 7 heteroatoms. The lowest BCUT2D eigenvalue weighted by Crippen LogP contribution is -2.05. The van der Waals surface area contributed by atoms with Gasteiger partial charge in [-0.05, 0) is 0 Å². The molecule has 0 amide bonds. The number of rotatable bonds is 2. The number of nitrogens with zero attached hydrogens (tertiary/aromatic N) is 1. The summed E-state index contributed by atoms with van der Waals surface area (Å²) in [6.07, 6.45) is 2.10. The van der Waals surface area contributed by atoms with Gasteiger partial charge in [0.05, 0.1) is 17.5 Å². The van der Waals surface area contributed by atoms with Crippen molar-refractivity contribution in [2.75, 3.05) is 6.26 Å². The molecule has 1 heterocycles. The number of pyridine rings is 1. The third-order valence-electron chi connectivity index (χ3n) is 1.02. The summed E-state index contributed by atoms with van der Waals surface area (Å²) in [5.41, 5.74) is 0. The summed E-state index contributed by atoms with van der Waals surface area (Å²) in [6.45, 7) is 0. The number of hydrogen-bond acceptors (Lipinski definition) is 4. The van der Waals surface area contributed by atoms with Gasteiger partial charge in [0.15, 0.2) is 5.75 Å². The molecule has 0 aliphatic rings. The Hall–Kier alpha value is -0.520. The van der Waals surface area contributed by atoms with E-state index in [1.54, 1.807) is 0 Å². The number of hydrogen-bond donors (Lipinski definition) is 0. The second-order valence-corrected chi connectivity index (χ2v) is 4.57. The van der Waals surface area contributed by atoms with Gasteiger partial charge in [-0.1, -0.05) is 23.2 Å². The van der Waals surface area contributed by atoms with Gasteiger partial charge in [0.25, 0.3) is 0 Å². The second kappa shape index (κ2) is 3.69.